The van der Waals surface area contributed by atoms with E-state index in [1.54, 1.807) is 0 Å². The summed E-state index contributed by atoms with van der Waals surface area (Å²) in [7, 11) is 0. The van der Waals surface area contributed by atoms with Crippen LogP contribution in [0.15, 0.2) is 48.5 Å². The lowest BCUT2D eigenvalue weighted by molar-refractivity contribution is 0.0224. The van der Waals surface area contributed by atoms with E-state index in [9.17, 15) is 24.6 Å². The van der Waals surface area contributed by atoms with Crippen molar-refractivity contribution in [3.63, 3.8) is 0 Å². The van der Waals surface area contributed by atoms with E-state index in [0.717, 1.165) is 0 Å². The number of hydrogen-bond acceptors (Lipinski definition) is 9. The normalized spacial score (nSPS) is 14.3. The lowest BCUT2D eigenvalue weighted by atomic mass is 9.77. The second-order valence-electron chi connectivity index (χ2n) is 7.81. The molecule has 0 bridgehead atoms. The predicted molar refractivity (Wildman–Crippen MR) is 121 cm³/mol. The van der Waals surface area contributed by atoms with Crippen LogP contribution in [0.3, 0.4) is 0 Å². The second kappa shape index (κ2) is 7.24. The highest BCUT2D eigenvalue weighted by atomic mass is 16.6. The zero-order valence-electron chi connectivity index (χ0n) is 17.8. The zero-order chi connectivity index (χ0) is 25.2. The lowest BCUT2D eigenvalue weighted by Gasteiger charge is -2.36. The summed E-state index contributed by atoms with van der Waals surface area (Å²) in [5, 5.41) is 21.0. The first-order chi connectivity index (χ1) is 16.6. The van der Waals surface area contributed by atoms with Crippen molar-refractivity contribution < 1.29 is 34.1 Å². The summed E-state index contributed by atoms with van der Waals surface area (Å²) in [5.74, 6) is 10.8. The Hall–Kier alpha value is -5.01. The first kappa shape index (κ1) is 21.8. The number of phenolic OH excluding ortho intramolecular Hbond substituents is 2. The molecule has 2 aliphatic rings. The van der Waals surface area contributed by atoms with Crippen LogP contribution in [0.4, 0.5) is 21.0 Å². The summed E-state index contributed by atoms with van der Waals surface area (Å²) >= 11 is 0. The highest BCUT2D eigenvalue weighted by Gasteiger charge is 2.55. The van der Waals surface area contributed by atoms with E-state index in [-0.39, 0.29) is 45.5 Å². The number of fused-ring (bicyclic) bond motifs is 6. The molecule has 178 valence electrons. The minimum absolute atomic E-state index is 0.120. The molecule has 3 aromatic carbocycles. The number of ether oxygens (including phenoxy) is 2. The monoisotopic (exact) mass is 478 g/mol. The number of hydrazine groups is 2. The van der Waals surface area contributed by atoms with Crippen molar-refractivity contribution in [2.45, 2.75) is 5.60 Å². The molecule has 4 amide bonds. The maximum absolute atomic E-state index is 13.4. The summed E-state index contributed by atoms with van der Waals surface area (Å²) in [6.45, 7) is 0. The Balaban J connectivity index is 1.89. The molecule has 5 rings (SSSR count). The number of urea groups is 2. The maximum atomic E-state index is 13.4. The Morgan fingerprint density at radius 1 is 0.800 bits per heavy atom. The molecule has 10 N–H and O–H groups in total. The number of anilines is 2. The fourth-order valence-electron chi connectivity index (χ4n) is 4.43. The van der Waals surface area contributed by atoms with Gasteiger partial charge < -0.3 is 31.2 Å². The molecule has 35 heavy (non-hydrogen) atoms. The molecule has 0 atom stereocenters. The second-order valence-corrected chi connectivity index (χ2v) is 7.81. The highest BCUT2D eigenvalue weighted by Crippen LogP contribution is 2.58. The molecular formula is C22H18N6O7. The number of carbonyl (C=O) groups excluding carboxylic acids is 3. The van der Waals surface area contributed by atoms with Crippen LogP contribution in [-0.2, 0) is 10.3 Å². The fraction of sp³-hybridized carbons (Fsp3) is 0.0455. The van der Waals surface area contributed by atoms with Crippen LogP contribution in [0, 0.1) is 0 Å². The Bertz CT molecular complexity index is 1400. The number of rotatable bonds is 2. The number of benzene rings is 3. The van der Waals surface area contributed by atoms with Crippen LogP contribution in [0.2, 0.25) is 0 Å². The summed E-state index contributed by atoms with van der Waals surface area (Å²) < 4.78 is 11.8. The first-order valence-corrected chi connectivity index (χ1v) is 10.0. The van der Waals surface area contributed by atoms with Gasteiger partial charge in [-0.2, -0.15) is 0 Å². The molecule has 2 heterocycles. The van der Waals surface area contributed by atoms with Gasteiger partial charge in [0, 0.05) is 28.8 Å². The Morgan fingerprint density at radius 3 is 1.83 bits per heavy atom. The van der Waals surface area contributed by atoms with Crippen LogP contribution in [0.1, 0.15) is 27.0 Å². The first-order valence-electron chi connectivity index (χ1n) is 10.0. The summed E-state index contributed by atoms with van der Waals surface area (Å²) in [4.78, 5) is 37.2. The summed E-state index contributed by atoms with van der Waals surface area (Å²) in [6.07, 6.45) is 0. The number of carbonyl (C=O) groups is 3. The van der Waals surface area contributed by atoms with Crippen molar-refractivity contribution in [3.05, 3.63) is 70.8 Å². The van der Waals surface area contributed by atoms with E-state index in [2.05, 4.69) is 0 Å². The molecule has 1 spiro atoms. The molecule has 0 saturated carbocycles. The largest absolute Gasteiger partial charge is 0.508 e. The van der Waals surface area contributed by atoms with Gasteiger partial charge in [-0.3, -0.25) is 0 Å². The minimum atomic E-state index is -1.64. The van der Waals surface area contributed by atoms with Gasteiger partial charge >= 0.3 is 18.0 Å². The standard InChI is InChI=1S/C22H18N6O7/c23-20(32)27(25)14-6-5-13-17(18(14)28(26)21(24)33)19(31)35-22(13)11-3-1-9(29)7-15(11)34-16-8-10(30)2-4-12(16)22/h1-8,29-30H,25-26H2,(H2,23,32)(H2,24,33). The number of primary amides is 2. The van der Waals surface area contributed by atoms with Gasteiger partial charge in [0.25, 0.3) is 0 Å². The van der Waals surface area contributed by atoms with Crippen molar-refractivity contribution >= 4 is 29.4 Å². The zero-order valence-corrected chi connectivity index (χ0v) is 17.8. The average Bonchev–Trinajstić information content (AvgIpc) is 3.09. The molecule has 0 aromatic heterocycles. The third-order valence-electron chi connectivity index (χ3n) is 5.87. The molecule has 2 aliphatic heterocycles. The summed E-state index contributed by atoms with van der Waals surface area (Å²) in [5.41, 5.74) is 9.18. The summed E-state index contributed by atoms with van der Waals surface area (Å²) in [6, 6.07) is 8.92. The van der Waals surface area contributed by atoms with Gasteiger partial charge in [-0.25, -0.2) is 36.1 Å². The van der Waals surface area contributed by atoms with Crippen molar-refractivity contribution in [3.8, 4) is 23.0 Å². The third kappa shape index (κ3) is 2.92. The minimum Gasteiger partial charge on any atom is -0.508 e. The van der Waals surface area contributed by atoms with Gasteiger partial charge in [-0.1, -0.05) is 6.07 Å². The SMILES string of the molecule is NC(=O)N(N)c1ccc2c(c1N(N)C(N)=O)C(=O)OC21c2ccc(O)cc2Oc2cc(O)ccc21. The fourth-order valence-corrected chi connectivity index (χ4v) is 4.43. The van der Waals surface area contributed by atoms with Gasteiger partial charge in [-0.15, -0.1) is 0 Å². The van der Waals surface area contributed by atoms with Crippen molar-refractivity contribution in [2.24, 2.45) is 23.2 Å². The molecule has 13 nitrogen and oxygen atoms in total. The van der Waals surface area contributed by atoms with E-state index in [1.165, 1.54) is 48.5 Å². The predicted octanol–water partition coefficient (Wildman–Crippen LogP) is 1.18. The van der Waals surface area contributed by atoms with Crippen LogP contribution >= 0.6 is 0 Å². The number of aromatic hydroxyl groups is 2. The number of esters is 1. The van der Waals surface area contributed by atoms with E-state index < -0.39 is 23.6 Å². The van der Waals surface area contributed by atoms with Gasteiger partial charge in [0.1, 0.15) is 28.7 Å². The van der Waals surface area contributed by atoms with Gasteiger partial charge in [-0.05, 0) is 30.3 Å². The Labute approximate surface area is 196 Å². The third-order valence-corrected chi connectivity index (χ3v) is 5.87. The molecule has 13 heteroatoms. The number of nitrogens with zero attached hydrogens (tertiary/aromatic N) is 2. The van der Waals surface area contributed by atoms with Crippen molar-refractivity contribution in [1.29, 1.82) is 0 Å². The van der Waals surface area contributed by atoms with Gasteiger partial charge in [0.15, 0.2) is 5.60 Å². The van der Waals surface area contributed by atoms with Crippen LogP contribution in [0.5, 0.6) is 23.0 Å². The van der Waals surface area contributed by atoms with Crippen LogP contribution in [0.25, 0.3) is 0 Å². The molecule has 0 radical (unpaired) electrons. The quantitative estimate of drug-likeness (QED) is 0.134. The molecular weight excluding hydrogens is 460 g/mol. The lowest BCUT2D eigenvalue weighted by Crippen LogP contribution is -2.46. The van der Waals surface area contributed by atoms with E-state index in [0.29, 0.717) is 21.1 Å². The van der Waals surface area contributed by atoms with E-state index in [4.69, 9.17) is 32.6 Å². The number of amides is 4. The van der Waals surface area contributed by atoms with Gasteiger partial charge in [0.05, 0.1) is 11.3 Å². The average molecular weight is 478 g/mol. The molecule has 0 aliphatic carbocycles. The maximum Gasteiger partial charge on any atom is 0.342 e. The number of hydrogen-bond donors (Lipinski definition) is 6. The van der Waals surface area contributed by atoms with E-state index >= 15 is 0 Å². The van der Waals surface area contributed by atoms with E-state index in [1.807, 2.05) is 0 Å². The number of phenols is 2. The Kier molecular flexibility index (Phi) is 4.52. The Morgan fingerprint density at radius 2 is 1.31 bits per heavy atom. The van der Waals surface area contributed by atoms with Crippen LogP contribution in [-0.4, -0.2) is 28.2 Å². The van der Waals surface area contributed by atoms with Gasteiger partial charge in [0.2, 0.25) is 0 Å². The topological polar surface area (TPSA) is 221 Å². The molecule has 3 aromatic rings. The molecule has 0 saturated heterocycles. The smallest absolute Gasteiger partial charge is 0.342 e. The molecule has 0 fully saturated rings. The number of nitrogens with two attached hydrogens (primary N) is 4. The van der Waals surface area contributed by atoms with Crippen LogP contribution < -0.4 is 37.9 Å². The molecule has 0 unspecified atom stereocenters. The van der Waals surface area contributed by atoms with Crippen molar-refractivity contribution in [1.82, 2.24) is 0 Å². The van der Waals surface area contributed by atoms with Crippen molar-refractivity contribution in [2.75, 3.05) is 10.0 Å². The highest BCUT2D eigenvalue weighted by molar-refractivity contribution is 6.11.